The Morgan fingerprint density at radius 2 is 2.00 bits per heavy atom. The Morgan fingerprint density at radius 3 is 2.57 bits per heavy atom. The molecule has 0 saturated carbocycles. The van der Waals surface area contributed by atoms with Crippen molar-refractivity contribution in [2.45, 2.75) is 33.6 Å². The van der Waals surface area contributed by atoms with Gasteiger partial charge in [-0.2, -0.15) is 0 Å². The molecular weight excluding hydrogens is 190 g/mol. The summed E-state index contributed by atoms with van der Waals surface area (Å²) in [5.74, 6) is 0.748. The summed E-state index contributed by atoms with van der Waals surface area (Å²) in [5.41, 5.74) is 0. The zero-order valence-corrected chi connectivity index (χ0v) is 10.3. The smallest absolute Gasteiger partial charge is 0.00513 e. The van der Waals surface area contributed by atoms with Gasteiger partial charge in [-0.25, -0.2) is 0 Å². The van der Waals surface area contributed by atoms with Gasteiger partial charge in [-0.05, 0) is 44.0 Å². The Kier molecular flexibility index (Phi) is 5.20. The Labute approximate surface area is 91.5 Å². The van der Waals surface area contributed by atoms with E-state index in [0.717, 1.165) is 19.0 Å². The van der Waals surface area contributed by atoms with Crippen LogP contribution < -0.4 is 5.32 Å². The third kappa shape index (κ3) is 3.81. The summed E-state index contributed by atoms with van der Waals surface area (Å²) < 4.78 is 0. The van der Waals surface area contributed by atoms with Gasteiger partial charge in [0.2, 0.25) is 0 Å². The molecule has 1 N–H and O–H groups in total. The van der Waals surface area contributed by atoms with Gasteiger partial charge in [0, 0.05) is 9.75 Å². The van der Waals surface area contributed by atoms with Gasteiger partial charge >= 0.3 is 0 Å². The van der Waals surface area contributed by atoms with E-state index in [9.17, 15) is 0 Å². The molecule has 0 aliphatic rings. The van der Waals surface area contributed by atoms with E-state index in [1.807, 2.05) is 11.3 Å². The number of hydrogen-bond donors (Lipinski definition) is 1. The molecule has 80 valence electrons. The second kappa shape index (κ2) is 6.20. The molecule has 1 rings (SSSR count). The summed E-state index contributed by atoms with van der Waals surface area (Å²) in [6.07, 6.45) is 2.39. The van der Waals surface area contributed by atoms with E-state index in [4.69, 9.17) is 0 Å². The predicted octanol–water partition coefficient (Wildman–Crippen LogP) is 3.10. The van der Waals surface area contributed by atoms with Crippen LogP contribution in [0.5, 0.6) is 0 Å². The van der Waals surface area contributed by atoms with Gasteiger partial charge in [0.05, 0.1) is 0 Å². The summed E-state index contributed by atoms with van der Waals surface area (Å²) in [6, 6.07) is 4.55. The van der Waals surface area contributed by atoms with E-state index in [0.29, 0.717) is 0 Å². The Morgan fingerprint density at radius 1 is 1.29 bits per heavy atom. The van der Waals surface area contributed by atoms with Gasteiger partial charge in [-0.1, -0.05) is 20.8 Å². The van der Waals surface area contributed by atoms with Crippen molar-refractivity contribution in [2.24, 2.45) is 5.92 Å². The number of nitrogens with one attached hydrogen (secondary N) is 1. The van der Waals surface area contributed by atoms with Crippen molar-refractivity contribution in [1.29, 1.82) is 0 Å². The molecule has 0 aliphatic carbocycles. The topological polar surface area (TPSA) is 12.0 Å². The highest BCUT2D eigenvalue weighted by molar-refractivity contribution is 7.11. The van der Waals surface area contributed by atoms with Crippen LogP contribution in [0.4, 0.5) is 0 Å². The first kappa shape index (κ1) is 11.7. The lowest BCUT2D eigenvalue weighted by Crippen LogP contribution is -2.21. The van der Waals surface area contributed by atoms with Crippen molar-refractivity contribution in [3.8, 4) is 0 Å². The highest BCUT2D eigenvalue weighted by Gasteiger charge is 2.05. The molecule has 1 nitrogen and oxygen atoms in total. The van der Waals surface area contributed by atoms with Crippen LogP contribution in [-0.2, 0) is 12.8 Å². The number of hydrogen-bond acceptors (Lipinski definition) is 2. The Bertz CT molecular complexity index is 255. The number of aryl methyl sites for hydroxylation is 1. The predicted molar refractivity (Wildman–Crippen MR) is 65.1 cm³/mol. The molecule has 1 aromatic rings. The fourth-order valence-electron chi connectivity index (χ4n) is 1.53. The summed E-state index contributed by atoms with van der Waals surface area (Å²) in [4.78, 5) is 3.04. The van der Waals surface area contributed by atoms with Crippen molar-refractivity contribution in [3.05, 3.63) is 21.9 Å². The van der Waals surface area contributed by atoms with Crippen LogP contribution in [0.2, 0.25) is 0 Å². The Hall–Kier alpha value is -0.340. The second-order valence-electron chi connectivity index (χ2n) is 3.84. The van der Waals surface area contributed by atoms with Crippen LogP contribution in [0.25, 0.3) is 0 Å². The molecule has 14 heavy (non-hydrogen) atoms. The molecule has 0 spiro atoms. The maximum atomic E-state index is 3.39. The van der Waals surface area contributed by atoms with E-state index in [-0.39, 0.29) is 0 Å². The molecule has 0 fully saturated rings. The zero-order valence-electron chi connectivity index (χ0n) is 9.47. The minimum Gasteiger partial charge on any atom is -0.317 e. The van der Waals surface area contributed by atoms with Crippen molar-refractivity contribution in [2.75, 3.05) is 13.1 Å². The largest absolute Gasteiger partial charge is 0.317 e. The van der Waals surface area contributed by atoms with Crippen molar-refractivity contribution < 1.29 is 0 Å². The van der Waals surface area contributed by atoms with Crippen molar-refractivity contribution in [3.63, 3.8) is 0 Å². The van der Waals surface area contributed by atoms with Crippen LogP contribution in [0.3, 0.4) is 0 Å². The minimum atomic E-state index is 0.748. The quantitative estimate of drug-likeness (QED) is 0.762. The highest BCUT2D eigenvalue weighted by atomic mass is 32.1. The van der Waals surface area contributed by atoms with Crippen LogP contribution in [0, 0.1) is 5.92 Å². The third-order valence-electron chi connectivity index (χ3n) is 2.36. The molecule has 0 amide bonds. The average Bonchev–Trinajstić information content (AvgIpc) is 2.62. The van der Waals surface area contributed by atoms with Gasteiger partial charge in [0.25, 0.3) is 0 Å². The molecule has 1 aromatic heterocycles. The third-order valence-corrected chi connectivity index (χ3v) is 3.61. The highest BCUT2D eigenvalue weighted by Crippen LogP contribution is 2.19. The van der Waals surface area contributed by atoms with Gasteiger partial charge < -0.3 is 5.32 Å². The van der Waals surface area contributed by atoms with Gasteiger partial charge in [0.15, 0.2) is 0 Å². The van der Waals surface area contributed by atoms with E-state index in [1.54, 1.807) is 0 Å². The summed E-state index contributed by atoms with van der Waals surface area (Å²) in [7, 11) is 0. The molecule has 0 saturated heterocycles. The fraction of sp³-hybridized carbons (Fsp3) is 0.667. The lowest BCUT2D eigenvalue weighted by Gasteiger charge is -2.09. The standard InChI is InChI=1S/C12H21NS/c1-4-11-6-7-12(14-11)8-10(3)9-13-5-2/h6-7,10,13H,4-5,8-9H2,1-3H3. The first-order valence-corrected chi connectivity index (χ1v) is 6.36. The van der Waals surface area contributed by atoms with Crippen molar-refractivity contribution >= 4 is 11.3 Å². The summed E-state index contributed by atoms with van der Waals surface area (Å²) in [6.45, 7) is 8.91. The van der Waals surface area contributed by atoms with Crippen LogP contribution in [0.1, 0.15) is 30.5 Å². The second-order valence-corrected chi connectivity index (χ2v) is 5.09. The first-order chi connectivity index (χ1) is 6.76. The molecule has 0 aromatic carbocycles. The lowest BCUT2D eigenvalue weighted by atomic mass is 10.1. The molecule has 1 heterocycles. The van der Waals surface area contributed by atoms with Crippen LogP contribution in [0.15, 0.2) is 12.1 Å². The maximum Gasteiger partial charge on any atom is 0.00513 e. The van der Waals surface area contributed by atoms with E-state index in [1.165, 1.54) is 22.6 Å². The van der Waals surface area contributed by atoms with E-state index in [2.05, 4.69) is 38.2 Å². The van der Waals surface area contributed by atoms with Crippen LogP contribution in [-0.4, -0.2) is 13.1 Å². The van der Waals surface area contributed by atoms with Gasteiger partial charge in [-0.15, -0.1) is 11.3 Å². The molecule has 0 bridgehead atoms. The zero-order chi connectivity index (χ0) is 10.4. The molecule has 2 heteroatoms. The maximum absolute atomic E-state index is 3.39. The SMILES string of the molecule is CCNCC(C)Cc1ccc(CC)s1. The normalized spacial score (nSPS) is 13.1. The minimum absolute atomic E-state index is 0.748. The summed E-state index contributed by atoms with van der Waals surface area (Å²) >= 11 is 1.97. The van der Waals surface area contributed by atoms with Gasteiger partial charge in [0.1, 0.15) is 0 Å². The van der Waals surface area contributed by atoms with E-state index < -0.39 is 0 Å². The lowest BCUT2D eigenvalue weighted by molar-refractivity contribution is 0.525. The number of thiophene rings is 1. The Balaban J connectivity index is 2.35. The molecule has 1 unspecified atom stereocenters. The first-order valence-electron chi connectivity index (χ1n) is 5.54. The molecule has 0 aliphatic heterocycles. The number of rotatable bonds is 6. The van der Waals surface area contributed by atoms with E-state index >= 15 is 0 Å². The monoisotopic (exact) mass is 211 g/mol. The molecular formula is C12H21NS. The molecule has 0 radical (unpaired) electrons. The van der Waals surface area contributed by atoms with Crippen LogP contribution >= 0.6 is 11.3 Å². The molecule has 1 atom stereocenters. The average molecular weight is 211 g/mol. The van der Waals surface area contributed by atoms with Crippen molar-refractivity contribution in [1.82, 2.24) is 5.32 Å². The summed E-state index contributed by atoms with van der Waals surface area (Å²) in [5, 5.41) is 3.39. The fourth-order valence-corrected chi connectivity index (χ4v) is 2.65. The van der Waals surface area contributed by atoms with Gasteiger partial charge in [-0.3, -0.25) is 0 Å².